The molecule has 0 radical (unpaired) electrons. The molecule has 1 heterocycles. The second-order valence-electron chi connectivity index (χ2n) is 6.48. The molecule has 4 aromatic rings. The van der Waals surface area contributed by atoms with Crippen molar-refractivity contribution in [3.63, 3.8) is 0 Å². The van der Waals surface area contributed by atoms with Crippen molar-refractivity contribution in [2.24, 2.45) is 0 Å². The minimum atomic E-state index is 0.449. The van der Waals surface area contributed by atoms with Gasteiger partial charge in [-0.3, -0.25) is 0 Å². The van der Waals surface area contributed by atoms with Crippen molar-refractivity contribution in [2.75, 3.05) is 5.32 Å². The molecule has 0 atom stereocenters. The van der Waals surface area contributed by atoms with E-state index in [1.54, 1.807) is 0 Å². The Morgan fingerprint density at radius 3 is 1.96 bits per heavy atom. The third-order valence-electron chi connectivity index (χ3n) is 4.51. The van der Waals surface area contributed by atoms with Crippen LogP contribution in [0, 0.1) is 18.3 Å². The molecule has 0 fully saturated rings. The number of nitrogens with one attached hydrogen (secondary N) is 1. The van der Waals surface area contributed by atoms with Crippen LogP contribution in [0.25, 0.3) is 22.4 Å². The predicted octanol–water partition coefficient (Wildman–Crippen LogP) is 5.73. The zero-order valence-electron chi connectivity index (χ0n) is 15.4. The summed E-state index contributed by atoms with van der Waals surface area (Å²) in [5.74, 6) is 0.449. The average Bonchev–Trinajstić information content (AvgIpc) is 2.76. The lowest BCUT2D eigenvalue weighted by Gasteiger charge is -2.14. The van der Waals surface area contributed by atoms with Crippen LogP contribution in [0.15, 0.2) is 84.9 Å². The number of aromatic nitrogens is 2. The predicted molar refractivity (Wildman–Crippen MR) is 112 cm³/mol. The van der Waals surface area contributed by atoms with Gasteiger partial charge in [0.05, 0.1) is 0 Å². The molecule has 4 heteroatoms. The first-order valence-corrected chi connectivity index (χ1v) is 9.01. The van der Waals surface area contributed by atoms with Crippen molar-refractivity contribution in [1.82, 2.24) is 10.2 Å². The molecule has 0 aliphatic carbocycles. The monoisotopic (exact) mass is 362 g/mol. The van der Waals surface area contributed by atoms with Gasteiger partial charge in [-0.15, -0.1) is 10.2 Å². The van der Waals surface area contributed by atoms with Crippen LogP contribution in [0.5, 0.6) is 0 Å². The maximum atomic E-state index is 10.00. The molecule has 0 aliphatic heterocycles. The summed E-state index contributed by atoms with van der Waals surface area (Å²) in [6, 6.07) is 30.0. The van der Waals surface area contributed by atoms with Crippen molar-refractivity contribution in [3.8, 4) is 28.5 Å². The van der Waals surface area contributed by atoms with Crippen LogP contribution in [0.1, 0.15) is 11.1 Å². The van der Waals surface area contributed by atoms with E-state index in [2.05, 4.69) is 21.6 Å². The van der Waals surface area contributed by atoms with Crippen LogP contribution in [-0.2, 0) is 0 Å². The third-order valence-corrected chi connectivity index (χ3v) is 4.51. The van der Waals surface area contributed by atoms with Crippen LogP contribution in [-0.4, -0.2) is 10.2 Å². The van der Waals surface area contributed by atoms with E-state index in [0.717, 1.165) is 22.4 Å². The van der Waals surface area contributed by atoms with Crippen molar-refractivity contribution < 1.29 is 0 Å². The summed E-state index contributed by atoms with van der Waals surface area (Å²) in [5.41, 5.74) is 5.83. The molecule has 0 bridgehead atoms. The molecule has 1 N–H and O–H groups in total. The molecule has 0 saturated carbocycles. The van der Waals surface area contributed by atoms with Crippen LogP contribution in [0.2, 0.25) is 0 Å². The summed E-state index contributed by atoms with van der Waals surface area (Å²) in [5, 5.41) is 22.1. The molecule has 3 aromatic carbocycles. The molecule has 4 rings (SSSR count). The lowest BCUT2D eigenvalue weighted by Crippen LogP contribution is -2.04. The van der Waals surface area contributed by atoms with Crippen molar-refractivity contribution >= 4 is 11.5 Å². The van der Waals surface area contributed by atoms with E-state index in [9.17, 15) is 5.26 Å². The first kappa shape index (κ1) is 17.4. The summed E-state index contributed by atoms with van der Waals surface area (Å²) in [6.45, 7) is 2.03. The van der Waals surface area contributed by atoms with Crippen molar-refractivity contribution in [1.29, 1.82) is 5.26 Å². The van der Waals surface area contributed by atoms with Gasteiger partial charge in [-0.25, -0.2) is 0 Å². The Morgan fingerprint density at radius 2 is 1.36 bits per heavy atom. The zero-order chi connectivity index (χ0) is 19.3. The fourth-order valence-corrected chi connectivity index (χ4v) is 3.09. The summed E-state index contributed by atoms with van der Waals surface area (Å²) < 4.78 is 0. The van der Waals surface area contributed by atoms with Gasteiger partial charge in [0.25, 0.3) is 0 Å². The highest BCUT2D eigenvalue weighted by atomic mass is 15.2. The zero-order valence-corrected chi connectivity index (χ0v) is 15.4. The number of hydrogen-bond acceptors (Lipinski definition) is 4. The summed E-state index contributed by atoms with van der Waals surface area (Å²) in [7, 11) is 0. The van der Waals surface area contributed by atoms with Crippen LogP contribution in [0.3, 0.4) is 0 Å². The highest BCUT2D eigenvalue weighted by molar-refractivity contribution is 5.88. The quantitative estimate of drug-likeness (QED) is 0.503. The molecule has 1 aromatic heterocycles. The molecular formula is C24H18N4. The Hall–Kier alpha value is -3.97. The SMILES string of the molecule is Cc1ccc(Nc2nnc(-c3ccccc3)c(-c3ccccc3)c2C#N)cc1. The Bertz CT molecular complexity index is 1130. The lowest BCUT2D eigenvalue weighted by atomic mass is 9.95. The fraction of sp³-hybridized carbons (Fsp3) is 0.0417. The number of benzene rings is 3. The molecule has 4 nitrogen and oxygen atoms in total. The minimum Gasteiger partial charge on any atom is -0.338 e. The Morgan fingerprint density at radius 1 is 0.750 bits per heavy atom. The number of anilines is 2. The highest BCUT2D eigenvalue weighted by Crippen LogP contribution is 2.36. The third kappa shape index (κ3) is 3.46. The van der Waals surface area contributed by atoms with Crippen LogP contribution >= 0.6 is 0 Å². The average molecular weight is 362 g/mol. The van der Waals surface area contributed by atoms with Gasteiger partial charge < -0.3 is 5.32 Å². The van der Waals surface area contributed by atoms with E-state index in [-0.39, 0.29) is 0 Å². The molecule has 134 valence electrons. The molecule has 0 aliphatic rings. The maximum absolute atomic E-state index is 10.00. The first-order chi connectivity index (χ1) is 13.8. The summed E-state index contributed by atoms with van der Waals surface area (Å²) in [4.78, 5) is 0. The van der Waals surface area contributed by atoms with Gasteiger partial charge in [0.1, 0.15) is 17.3 Å². The van der Waals surface area contributed by atoms with Crippen LogP contribution in [0.4, 0.5) is 11.5 Å². The normalized spacial score (nSPS) is 10.3. The number of aryl methyl sites for hydroxylation is 1. The maximum Gasteiger partial charge on any atom is 0.171 e. The van der Waals surface area contributed by atoms with Crippen molar-refractivity contribution in [2.45, 2.75) is 6.92 Å². The van der Waals surface area contributed by atoms with Crippen molar-refractivity contribution in [3.05, 3.63) is 96.1 Å². The molecule has 0 amide bonds. The van der Waals surface area contributed by atoms with E-state index in [1.165, 1.54) is 5.56 Å². The standard InChI is InChI=1S/C24H18N4/c1-17-12-14-20(15-13-17)26-24-21(16-25)22(18-8-4-2-5-9-18)23(27-28-24)19-10-6-3-7-11-19/h2-15H,1H3,(H,26,28). The second-order valence-corrected chi connectivity index (χ2v) is 6.48. The Labute approximate surface area is 164 Å². The van der Waals surface area contributed by atoms with Gasteiger partial charge in [-0.1, -0.05) is 78.4 Å². The van der Waals surface area contributed by atoms with Gasteiger partial charge in [0.15, 0.2) is 5.82 Å². The van der Waals surface area contributed by atoms with Gasteiger partial charge >= 0.3 is 0 Å². The van der Waals surface area contributed by atoms with E-state index in [0.29, 0.717) is 17.1 Å². The molecule has 0 saturated heterocycles. The lowest BCUT2D eigenvalue weighted by molar-refractivity contribution is 1.04. The molecular weight excluding hydrogens is 344 g/mol. The minimum absolute atomic E-state index is 0.449. The largest absolute Gasteiger partial charge is 0.338 e. The van der Waals surface area contributed by atoms with E-state index >= 15 is 0 Å². The number of nitrogens with zero attached hydrogens (tertiary/aromatic N) is 3. The number of hydrogen-bond donors (Lipinski definition) is 1. The molecule has 0 unspecified atom stereocenters. The van der Waals surface area contributed by atoms with Gasteiger partial charge in [0.2, 0.25) is 0 Å². The first-order valence-electron chi connectivity index (χ1n) is 9.01. The molecule has 28 heavy (non-hydrogen) atoms. The van der Waals surface area contributed by atoms with E-state index in [1.807, 2.05) is 91.9 Å². The number of nitriles is 1. The number of rotatable bonds is 4. The van der Waals surface area contributed by atoms with E-state index in [4.69, 9.17) is 0 Å². The smallest absolute Gasteiger partial charge is 0.171 e. The Kier molecular flexibility index (Phi) is 4.81. The summed E-state index contributed by atoms with van der Waals surface area (Å²) in [6.07, 6.45) is 0. The van der Waals surface area contributed by atoms with Gasteiger partial charge in [-0.05, 0) is 24.6 Å². The van der Waals surface area contributed by atoms with Gasteiger partial charge in [-0.2, -0.15) is 5.26 Å². The topological polar surface area (TPSA) is 61.6 Å². The molecule has 0 spiro atoms. The highest BCUT2D eigenvalue weighted by Gasteiger charge is 2.19. The Balaban J connectivity index is 1.91. The summed E-state index contributed by atoms with van der Waals surface area (Å²) >= 11 is 0. The fourth-order valence-electron chi connectivity index (χ4n) is 3.09. The van der Waals surface area contributed by atoms with E-state index < -0.39 is 0 Å². The van der Waals surface area contributed by atoms with Gasteiger partial charge in [0, 0.05) is 16.8 Å². The second kappa shape index (κ2) is 7.73. The van der Waals surface area contributed by atoms with Crippen LogP contribution < -0.4 is 5.32 Å².